The van der Waals surface area contributed by atoms with Crippen LogP contribution in [0.4, 0.5) is 5.69 Å². The Morgan fingerprint density at radius 2 is 1.75 bits per heavy atom. The number of anilines is 1. The highest BCUT2D eigenvalue weighted by molar-refractivity contribution is 6.38. The minimum atomic E-state index is 0.123. The Morgan fingerprint density at radius 1 is 1.11 bits per heavy atom. The van der Waals surface area contributed by atoms with Crippen LogP contribution in [0.5, 0.6) is 0 Å². The summed E-state index contributed by atoms with van der Waals surface area (Å²) in [6.07, 6.45) is 7.66. The fraction of sp³-hybridized carbons (Fsp3) is 0.333. The third kappa shape index (κ3) is 5.04. The Bertz CT molecular complexity index is 810. The van der Waals surface area contributed by atoms with Crippen molar-refractivity contribution in [3.05, 3.63) is 64.4 Å². The number of pyridine rings is 1. The first kappa shape index (κ1) is 20.6. The number of benzene rings is 1. The summed E-state index contributed by atoms with van der Waals surface area (Å²) in [5, 5.41) is 5.61. The second-order valence-electron chi connectivity index (χ2n) is 6.67. The summed E-state index contributed by atoms with van der Waals surface area (Å²) in [5.41, 5.74) is 5.99. The van der Waals surface area contributed by atoms with Crippen molar-refractivity contribution in [1.82, 2.24) is 15.3 Å². The van der Waals surface area contributed by atoms with E-state index in [2.05, 4.69) is 56.5 Å². The van der Waals surface area contributed by atoms with Crippen LogP contribution in [0.25, 0.3) is 6.08 Å². The van der Waals surface area contributed by atoms with Gasteiger partial charge in [0.15, 0.2) is 0 Å². The highest BCUT2D eigenvalue weighted by Crippen LogP contribution is 2.33. The SMILES string of the molecule is CN/N=C(\C)C(/C=C/c1ccccc1)N1CCN(c2c(Cl)cncc2Cl)CC1. The molecule has 7 heteroatoms. The van der Waals surface area contributed by atoms with Crippen LogP contribution < -0.4 is 10.3 Å². The Kier molecular flexibility index (Phi) is 7.31. The lowest BCUT2D eigenvalue weighted by Crippen LogP contribution is -2.52. The van der Waals surface area contributed by atoms with Gasteiger partial charge in [0.05, 0.1) is 27.5 Å². The minimum Gasteiger partial charge on any atom is -0.366 e. The number of nitrogens with one attached hydrogen (secondary N) is 1. The quantitative estimate of drug-likeness (QED) is 0.565. The number of piperazine rings is 1. The Morgan fingerprint density at radius 3 is 2.36 bits per heavy atom. The lowest BCUT2D eigenvalue weighted by atomic mass is 10.1. The molecule has 28 heavy (non-hydrogen) atoms. The predicted molar refractivity (Wildman–Crippen MR) is 119 cm³/mol. The highest BCUT2D eigenvalue weighted by Gasteiger charge is 2.26. The van der Waals surface area contributed by atoms with Crippen molar-refractivity contribution < 1.29 is 0 Å². The van der Waals surface area contributed by atoms with Gasteiger partial charge in [-0.15, -0.1) is 0 Å². The maximum Gasteiger partial charge on any atom is 0.0838 e. The molecule has 0 aliphatic carbocycles. The van der Waals surface area contributed by atoms with Gasteiger partial charge in [-0.1, -0.05) is 65.7 Å². The van der Waals surface area contributed by atoms with Crippen molar-refractivity contribution in [2.45, 2.75) is 13.0 Å². The molecule has 0 spiro atoms. The topological polar surface area (TPSA) is 43.8 Å². The number of nitrogens with zero attached hydrogens (tertiary/aromatic N) is 4. The van der Waals surface area contributed by atoms with E-state index in [1.165, 1.54) is 5.56 Å². The molecule has 3 rings (SSSR count). The average Bonchev–Trinajstić information content (AvgIpc) is 2.70. The molecule has 1 atom stereocenters. The van der Waals surface area contributed by atoms with E-state index in [0.717, 1.165) is 37.6 Å². The summed E-state index contributed by atoms with van der Waals surface area (Å²) < 4.78 is 0. The van der Waals surface area contributed by atoms with Crippen molar-refractivity contribution in [2.75, 3.05) is 38.1 Å². The summed E-state index contributed by atoms with van der Waals surface area (Å²) in [4.78, 5) is 8.70. The van der Waals surface area contributed by atoms with Gasteiger partial charge in [-0.25, -0.2) is 0 Å². The average molecular weight is 418 g/mol. The zero-order chi connectivity index (χ0) is 19.9. The van der Waals surface area contributed by atoms with E-state index >= 15 is 0 Å². The van der Waals surface area contributed by atoms with Crippen LogP contribution >= 0.6 is 23.2 Å². The molecule has 1 aliphatic rings. The highest BCUT2D eigenvalue weighted by atomic mass is 35.5. The molecule has 0 saturated carbocycles. The van der Waals surface area contributed by atoms with Gasteiger partial charge in [-0.05, 0) is 12.5 Å². The minimum absolute atomic E-state index is 0.123. The van der Waals surface area contributed by atoms with E-state index in [4.69, 9.17) is 23.2 Å². The normalized spacial score (nSPS) is 17.1. The summed E-state index contributed by atoms with van der Waals surface area (Å²) in [5.74, 6) is 0. The number of aromatic nitrogens is 1. The summed E-state index contributed by atoms with van der Waals surface area (Å²) >= 11 is 12.7. The van der Waals surface area contributed by atoms with E-state index in [1.807, 2.05) is 25.2 Å². The van der Waals surface area contributed by atoms with Gasteiger partial charge >= 0.3 is 0 Å². The summed E-state index contributed by atoms with van der Waals surface area (Å²) in [7, 11) is 1.83. The second-order valence-corrected chi connectivity index (χ2v) is 7.48. The molecule has 0 bridgehead atoms. The largest absolute Gasteiger partial charge is 0.366 e. The van der Waals surface area contributed by atoms with Crippen molar-refractivity contribution in [2.24, 2.45) is 5.10 Å². The number of hydrogen-bond acceptors (Lipinski definition) is 5. The molecule has 148 valence electrons. The second kappa shape index (κ2) is 9.92. The van der Waals surface area contributed by atoms with E-state index in [9.17, 15) is 0 Å². The first-order valence-corrected chi connectivity index (χ1v) is 10.1. The van der Waals surface area contributed by atoms with Crippen molar-refractivity contribution in [1.29, 1.82) is 0 Å². The molecule has 1 N–H and O–H groups in total. The number of hydrogen-bond donors (Lipinski definition) is 1. The Balaban J connectivity index is 1.74. The molecule has 1 aromatic carbocycles. The van der Waals surface area contributed by atoms with Crippen LogP contribution in [-0.4, -0.2) is 54.9 Å². The molecule has 5 nitrogen and oxygen atoms in total. The first-order chi connectivity index (χ1) is 13.6. The van der Waals surface area contributed by atoms with Crippen LogP contribution in [-0.2, 0) is 0 Å². The molecular formula is C21H25Cl2N5. The molecule has 2 heterocycles. The van der Waals surface area contributed by atoms with Gasteiger partial charge in [0.1, 0.15) is 0 Å². The number of hydrazone groups is 1. The van der Waals surface area contributed by atoms with E-state index in [1.54, 1.807) is 12.4 Å². The van der Waals surface area contributed by atoms with Crippen molar-refractivity contribution in [3.63, 3.8) is 0 Å². The number of halogens is 2. The zero-order valence-electron chi connectivity index (χ0n) is 16.1. The van der Waals surface area contributed by atoms with Gasteiger partial charge in [0, 0.05) is 45.6 Å². The monoisotopic (exact) mass is 417 g/mol. The molecule has 1 aliphatic heterocycles. The fourth-order valence-corrected chi connectivity index (χ4v) is 4.07. The molecule has 1 unspecified atom stereocenters. The smallest absolute Gasteiger partial charge is 0.0838 e. The molecular weight excluding hydrogens is 393 g/mol. The summed E-state index contributed by atoms with van der Waals surface area (Å²) in [6.45, 7) is 5.50. The van der Waals surface area contributed by atoms with Gasteiger partial charge in [0.25, 0.3) is 0 Å². The van der Waals surface area contributed by atoms with Gasteiger partial charge in [-0.3, -0.25) is 9.88 Å². The van der Waals surface area contributed by atoms with E-state index in [-0.39, 0.29) is 6.04 Å². The van der Waals surface area contributed by atoms with Crippen LogP contribution in [0.15, 0.2) is 53.9 Å². The standard InChI is InChI=1S/C21H25Cl2N5/c1-16(26-24-2)20(9-8-17-6-4-3-5-7-17)27-10-12-28(13-11-27)21-18(22)14-25-15-19(21)23/h3-9,14-15,20,24H,10-13H2,1-2H3/b9-8+,26-16+. The van der Waals surface area contributed by atoms with E-state index in [0.29, 0.717) is 10.0 Å². The van der Waals surface area contributed by atoms with E-state index < -0.39 is 0 Å². The third-order valence-corrected chi connectivity index (χ3v) is 5.39. The zero-order valence-corrected chi connectivity index (χ0v) is 17.7. The van der Waals surface area contributed by atoms with Gasteiger partial charge < -0.3 is 10.3 Å². The number of rotatable bonds is 6. The molecule has 1 fully saturated rings. The molecule has 1 aromatic heterocycles. The Hall–Kier alpha value is -2.08. The molecule has 0 radical (unpaired) electrons. The maximum absolute atomic E-state index is 6.33. The molecule has 0 amide bonds. The van der Waals surface area contributed by atoms with Gasteiger partial charge in [-0.2, -0.15) is 5.10 Å². The van der Waals surface area contributed by atoms with Crippen LogP contribution in [0.2, 0.25) is 10.0 Å². The van der Waals surface area contributed by atoms with Crippen LogP contribution in [0.1, 0.15) is 12.5 Å². The summed E-state index contributed by atoms with van der Waals surface area (Å²) in [6, 6.07) is 10.4. The lowest BCUT2D eigenvalue weighted by Gasteiger charge is -2.39. The molecule has 1 saturated heterocycles. The van der Waals surface area contributed by atoms with Gasteiger partial charge in [0.2, 0.25) is 0 Å². The molecule has 2 aromatic rings. The van der Waals surface area contributed by atoms with Crippen LogP contribution in [0.3, 0.4) is 0 Å². The predicted octanol–water partition coefficient (Wildman–Crippen LogP) is 4.19. The first-order valence-electron chi connectivity index (χ1n) is 9.32. The maximum atomic E-state index is 6.33. The van der Waals surface area contributed by atoms with Crippen molar-refractivity contribution >= 4 is 40.7 Å². The van der Waals surface area contributed by atoms with Crippen LogP contribution in [0, 0.1) is 0 Å². The fourth-order valence-electron chi connectivity index (χ4n) is 3.46. The Labute approximate surface area is 176 Å². The van der Waals surface area contributed by atoms with Crippen molar-refractivity contribution in [3.8, 4) is 0 Å². The lowest BCUT2D eigenvalue weighted by molar-refractivity contribution is 0.254. The third-order valence-electron chi connectivity index (χ3n) is 4.84.